The van der Waals surface area contributed by atoms with Gasteiger partial charge in [0.05, 0.1) is 32.5 Å². The van der Waals surface area contributed by atoms with E-state index in [2.05, 4.69) is 19.6 Å². The highest BCUT2D eigenvalue weighted by Gasteiger charge is 2.44. The second-order valence-corrected chi connectivity index (χ2v) is 10.6. The first-order chi connectivity index (χ1) is 20.1. The topological polar surface area (TPSA) is 85.4 Å². The van der Waals surface area contributed by atoms with Crippen LogP contribution in [0.5, 0.6) is 0 Å². The molecule has 1 heterocycles. The average molecular weight is 581 g/mol. The third-order valence-electron chi connectivity index (χ3n) is 6.70. The number of esters is 1. The van der Waals surface area contributed by atoms with Gasteiger partial charge in [0, 0.05) is 6.54 Å². The number of unbranched alkanes of at least 4 members (excludes halogenated alkanes) is 1. The SMILES string of the molecule is C=CCC/C=C/CN1C(=O)N(Cc2ccccc2)C(=O)C1COCCC(/C=C\C(C)OC(C)(C)C(=O)OCC)=C/CC. The third kappa shape index (κ3) is 11.1. The minimum Gasteiger partial charge on any atom is -0.464 e. The lowest BCUT2D eigenvalue weighted by Crippen LogP contribution is -2.39. The van der Waals surface area contributed by atoms with E-state index in [1.165, 1.54) is 4.90 Å². The molecule has 0 aliphatic carbocycles. The Labute approximate surface area is 251 Å². The molecular formula is C34H48N2O6. The highest BCUT2D eigenvalue weighted by Crippen LogP contribution is 2.22. The molecule has 0 saturated carbocycles. The largest absolute Gasteiger partial charge is 0.464 e. The van der Waals surface area contributed by atoms with Gasteiger partial charge < -0.3 is 19.1 Å². The Bertz CT molecular complexity index is 1110. The summed E-state index contributed by atoms with van der Waals surface area (Å²) in [6, 6.07) is 8.52. The van der Waals surface area contributed by atoms with Crippen molar-refractivity contribution < 1.29 is 28.6 Å². The molecule has 2 rings (SSSR count). The molecule has 1 aromatic rings. The molecule has 1 fully saturated rings. The smallest absolute Gasteiger partial charge is 0.337 e. The second-order valence-electron chi connectivity index (χ2n) is 10.6. The number of carbonyl (C=O) groups is 3. The van der Waals surface area contributed by atoms with E-state index in [0.717, 1.165) is 30.4 Å². The maximum atomic E-state index is 13.4. The molecule has 0 aromatic heterocycles. The van der Waals surface area contributed by atoms with Gasteiger partial charge in [-0.05, 0) is 64.5 Å². The molecule has 0 N–H and O–H groups in total. The number of hydrogen-bond acceptors (Lipinski definition) is 6. The average Bonchev–Trinajstić information content (AvgIpc) is 3.17. The van der Waals surface area contributed by atoms with Crippen LogP contribution < -0.4 is 0 Å². The number of nitrogens with zero attached hydrogens (tertiary/aromatic N) is 2. The number of allylic oxidation sites excluding steroid dienone is 4. The fraction of sp³-hybridized carbons (Fsp3) is 0.500. The monoisotopic (exact) mass is 580 g/mol. The molecule has 230 valence electrons. The number of imide groups is 1. The molecule has 3 amide bonds. The van der Waals surface area contributed by atoms with Gasteiger partial charge in [0.15, 0.2) is 5.60 Å². The predicted molar refractivity (Wildman–Crippen MR) is 166 cm³/mol. The Morgan fingerprint density at radius 1 is 1.12 bits per heavy atom. The fourth-order valence-electron chi connectivity index (χ4n) is 4.51. The summed E-state index contributed by atoms with van der Waals surface area (Å²) in [6.07, 6.45) is 14.6. The summed E-state index contributed by atoms with van der Waals surface area (Å²) in [7, 11) is 0. The number of rotatable bonds is 19. The van der Waals surface area contributed by atoms with Gasteiger partial charge in [-0.15, -0.1) is 6.58 Å². The van der Waals surface area contributed by atoms with Crippen molar-refractivity contribution >= 4 is 17.9 Å². The number of carbonyl (C=O) groups excluding carboxylic acids is 3. The van der Waals surface area contributed by atoms with Crippen LogP contribution in [-0.2, 0) is 30.3 Å². The summed E-state index contributed by atoms with van der Waals surface area (Å²) in [5, 5.41) is 0. The zero-order valence-corrected chi connectivity index (χ0v) is 25.9. The van der Waals surface area contributed by atoms with Crippen LogP contribution in [0.3, 0.4) is 0 Å². The highest BCUT2D eigenvalue weighted by molar-refractivity contribution is 6.04. The second kappa shape index (κ2) is 18.1. The number of benzene rings is 1. The minimum absolute atomic E-state index is 0.118. The van der Waals surface area contributed by atoms with E-state index >= 15 is 0 Å². The normalized spacial score (nSPS) is 17.1. The Hall–Kier alpha value is -3.49. The van der Waals surface area contributed by atoms with Crippen molar-refractivity contribution in [2.75, 3.05) is 26.4 Å². The van der Waals surface area contributed by atoms with E-state index in [0.29, 0.717) is 26.2 Å². The van der Waals surface area contributed by atoms with Crippen molar-refractivity contribution in [1.82, 2.24) is 9.80 Å². The van der Waals surface area contributed by atoms with Crippen LogP contribution in [0, 0.1) is 0 Å². The van der Waals surface area contributed by atoms with Gasteiger partial charge in [0.25, 0.3) is 5.91 Å². The van der Waals surface area contributed by atoms with Crippen LogP contribution in [0.4, 0.5) is 4.79 Å². The van der Waals surface area contributed by atoms with E-state index in [9.17, 15) is 14.4 Å². The molecule has 8 nitrogen and oxygen atoms in total. The molecule has 0 radical (unpaired) electrons. The molecule has 1 saturated heterocycles. The Kier molecular flexibility index (Phi) is 15.0. The lowest BCUT2D eigenvalue weighted by molar-refractivity contribution is -0.170. The van der Waals surface area contributed by atoms with Crippen molar-refractivity contribution in [3.8, 4) is 0 Å². The first-order valence-electron chi connectivity index (χ1n) is 14.9. The lowest BCUT2D eigenvalue weighted by atomic mass is 10.1. The van der Waals surface area contributed by atoms with Crippen LogP contribution in [0.1, 0.15) is 65.9 Å². The van der Waals surface area contributed by atoms with Crippen molar-refractivity contribution in [2.24, 2.45) is 0 Å². The molecule has 1 aromatic carbocycles. The zero-order valence-electron chi connectivity index (χ0n) is 25.9. The number of amides is 3. The standard InChI is InChI=1S/C34H48N2O6/c1-7-10-11-12-16-23-35-30(31(37)36(33(35)39)25-29-18-14-13-15-19-29)26-40-24-22-28(17-8-2)21-20-27(4)42-34(5,6)32(38)41-9-3/h7,12-21,27,30H,1,8-11,22-26H2,2-6H3/b16-12+,21-20-,28-17+. The maximum Gasteiger partial charge on any atom is 0.337 e. The molecule has 2 unspecified atom stereocenters. The van der Waals surface area contributed by atoms with Gasteiger partial charge in [-0.25, -0.2) is 9.59 Å². The van der Waals surface area contributed by atoms with E-state index in [1.54, 1.807) is 25.7 Å². The van der Waals surface area contributed by atoms with Gasteiger partial charge in [-0.1, -0.05) is 73.7 Å². The van der Waals surface area contributed by atoms with Crippen molar-refractivity contribution in [1.29, 1.82) is 0 Å². The minimum atomic E-state index is -1.05. The number of hydrogen-bond donors (Lipinski definition) is 0. The van der Waals surface area contributed by atoms with E-state index in [1.807, 2.05) is 67.6 Å². The van der Waals surface area contributed by atoms with Gasteiger partial charge in [0.2, 0.25) is 0 Å². The van der Waals surface area contributed by atoms with Gasteiger partial charge in [-0.3, -0.25) is 9.69 Å². The van der Waals surface area contributed by atoms with Crippen LogP contribution in [0.15, 0.2) is 78.9 Å². The molecule has 0 spiro atoms. The summed E-state index contributed by atoms with van der Waals surface area (Å²) in [6.45, 7) is 14.2. The molecule has 0 bridgehead atoms. The fourth-order valence-corrected chi connectivity index (χ4v) is 4.51. The quantitative estimate of drug-likeness (QED) is 0.0620. The summed E-state index contributed by atoms with van der Waals surface area (Å²) in [5.41, 5.74) is 0.903. The first kappa shape index (κ1) is 34.7. The van der Waals surface area contributed by atoms with Gasteiger partial charge >= 0.3 is 12.0 Å². The molecule has 42 heavy (non-hydrogen) atoms. The van der Waals surface area contributed by atoms with E-state index in [4.69, 9.17) is 14.2 Å². The molecule has 8 heteroatoms. The van der Waals surface area contributed by atoms with E-state index < -0.39 is 17.6 Å². The molecule has 2 atom stereocenters. The van der Waals surface area contributed by atoms with Crippen LogP contribution in [0.25, 0.3) is 0 Å². The van der Waals surface area contributed by atoms with Crippen LogP contribution in [0.2, 0.25) is 0 Å². The molecule has 1 aliphatic heterocycles. The predicted octanol–water partition coefficient (Wildman–Crippen LogP) is 6.39. The van der Waals surface area contributed by atoms with Crippen molar-refractivity contribution in [2.45, 2.75) is 84.6 Å². The number of ether oxygens (including phenoxy) is 3. The third-order valence-corrected chi connectivity index (χ3v) is 6.70. The lowest BCUT2D eigenvalue weighted by Gasteiger charge is -2.25. The first-order valence-corrected chi connectivity index (χ1v) is 14.9. The summed E-state index contributed by atoms with van der Waals surface area (Å²) in [4.78, 5) is 41.7. The van der Waals surface area contributed by atoms with Crippen molar-refractivity contribution in [3.63, 3.8) is 0 Å². The van der Waals surface area contributed by atoms with Crippen LogP contribution in [-0.4, -0.2) is 71.8 Å². The highest BCUT2D eigenvalue weighted by atomic mass is 16.6. The van der Waals surface area contributed by atoms with Crippen LogP contribution >= 0.6 is 0 Å². The summed E-state index contributed by atoms with van der Waals surface area (Å²) >= 11 is 0. The van der Waals surface area contributed by atoms with E-state index in [-0.39, 0.29) is 31.2 Å². The van der Waals surface area contributed by atoms with Gasteiger partial charge in [0.1, 0.15) is 6.04 Å². The zero-order chi connectivity index (χ0) is 31.0. The van der Waals surface area contributed by atoms with Crippen molar-refractivity contribution in [3.05, 3.63) is 84.5 Å². The molecular weight excluding hydrogens is 532 g/mol. The van der Waals surface area contributed by atoms with Gasteiger partial charge in [-0.2, -0.15) is 0 Å². The Morgan fingerprint density at radius 3 is 2.52 bits per heavy atom. The Balaban J connectivity index is 2.00. The Morgan fingerprint density at radius 2 is 1.86 bits per heavy atom. The molecule has 1 aliphatic rings. The maximum absolute atomic E-state index is 13.4. The summed E-state index contributed by atoms with van der Waals surface area (Å²) < 4.78 is 17.0. The summed E-state index contributed by atoms with van der Waals surface area (Å²) in [5.74, 6) is -0.644. The number of urea groups is 1.